The molecule has 0 fully saturated rings. The summed E-state index contributed by atoms with van der Waals surface area (Å²) in [7, 11) is 1.98. The standard InChI is InChI=1S/C10H19N3/c1-5-10(3,7-11)9-6-8(2)12-13(9)4/h6H,5,7,11H2,1-4H3. The highest BCUT2D eigenvalue weighted by Gasteiger charge is 2.26. The fourth-order valence-corrected chi connectivity index (χ4v) is 1.61. The zero-order valence-corrected chi connectivity index (χ0v) is 8.96. The molecule has 0 radical (unpaired) electrons. The Labute approximate surface area is 79.9 Å². The van der Waals surface area contributed by atoms with Gasteiger partial charge in [0.2, 0.25) is 0 Å². The van der Waals surface area contributed by atoms with Gasteiger partial charge in [0.05, 0.1) is 5.69 Å². The van der Waals surface area contributed by atoms with Crippen molar-refractivity contribution in [3.8, 4) is 0 Å². The molecule has 1 aromatic heterocycles. The van der Waals surface area contributed by atoms with Gasteiger partial charge in [-0.15, -0.1) is 0 Å². The summed E-state index contributed by atoms with van der Waals surface area (Å²) in [4.78, 5) is 0. The van der Waals surface area contributed by atoms with Crippen molar-refractivity contribution < 1.29 is 0 Å². The van der Waals surface area contributed by atoms with Gasteiger partial charge in [-0.2, -0.15) is 5.10 Å². The molecule has 1 unspecified atom stereocenters. The van der Waals surface area contributed by atoms with Crippen LogP contribution in [0.2, 0.25) is 0 Å². The van der Waals surface area contributed by atoms with E-state index in [2.05, 4.69) is 25.0 Å². The molecule has 2 N–H and O–H groups in total. The van der Waals surface area contributed by atoms with Crippen molar-refractivity contribution in [3.05, 3.63) is 17.5 Å². The summed E-state index contributed by atoms with van der Waals surface area (Å²) in [6, 6.07) is 2.12. The Morgan fingerprint density at radius 2 is 2.23 bits per heavy atom. The molecule has 13 heavy (non-hydrogen) atoms. The van der Waals surface area contributed by atoms with E-state index in [1.807, 2.05) is 18.7 Å². The predicted octanol–water partition coefficient (Wildman–Crippen LogP) is 1.35. The first-order valence-electron chi connectivity index (χ1n) is 4.74. The molecule has 0 amide bonds. The van der Waals surface area contributed by atoms with Gasteiger partial charge in [0.1, 0.15) is 0 Å². The summed E-state index contributed by atoms with van der Waals surface area (Å²) in [5.41, 5.74) is 8.14. The Morgan fingerprint density at radius 1 is 1.62 bits per heavy atom. The number of nitrogens with zero attached hydrogens (tertiary/aromatic N) is 2. The molecule has 0 saturated carbocycles. The summed E-state index contributed by atoms with van der Waals surface area (Å²) in [5.74, 6) is 0. The van der Waals surface area contributed by atoms with Crippen molar-refractivity contribution in [2.45, 2.75) is 32.6 Å². The van der Waals surface area contributed by atoms with Crippen LogP contribution in [0.15, 0.2) is 6.07 Å². The molecule has 0 aliphatic carbocycles. The van der Waals surface area contributed by atoms with Crippen LogP contribution in [0, 0.1) is 6.92 Å². The zero-order valence-electron chi connectivity index (χ0n) is 8.96. The number of aromatic nitrogens is 2. The SMILES string of the molecule is CCC(C)(CN)c1cc(C)nn1C. The third-order valence-electron chi connectivity index (χ3n) is 2.85. The normalized spacial score (nSPS) is 15.8. The summed E-state index contributed by atoms with van der Waals surface area (Å²) in [5, 5.41) is 4.33. The van der Waals surface area contributed by atoms with Crippen molar-refractivity contribution in [1.29, 1.82) is 0 Å². The van der Waals surface area contributed by atoms with Crippen molar-refractivity contribution in [2.24, 2.45) is 12.8 Å². The summed E-state index contributed by atoms with van der Waals surface area (Å²) >= 11 is 0. The maximum atomic E-state index is 5.79. The topological polar surface area (TPSA) is 43.8 Å². The van der Waals surface area contributed by atoms with Gasteiger partial charge in [-0.05, 0) is 19.4 Å². The van der Waals surface area contributed by atoms with E-state index in [1.165, 1.54) is 5.69 Å². The van der Waals surface area contributed by atoms with Crippen LogP contribution in [0.1, 0.15) is 31.7 Å². The zero-order chi connectivity index (χ0) is 10.1. The monoisotopic (exact) mass is 181 g/mol. The van der Waals surface area contributed by atoms with Crippen molar-refractivity contribution in [3.63, 3.8) is 0 Å². The van der Waals surface area contributed by atoms with E-state index in [9.17, 15) is 0 Å². The molecule has 0 aliphatic heterocycles. The van der Waals surface area contributed by atoms with Gasteiger partial charge in [-0.25, -0.2) is 0 Å². The van der Waals surface area contributed by atoms with Crippen LogP contribution in [0.4, 0.5) is 0 Å². The summed E-state index contributed by atoms with van der Waals surface area (Å²) in [6.45, 7) is 7.03. The van der Waals surface area contributed by atoms with Crippen molar-refractivity contribution in [2.75, 3.05) is 6.54 Å². The molecule has 1 aromatic rings. The molecule has 0 spiro atoms. The molecule has 0 aromatic carbocycles. The van der Waals surface area contributed by atoms with Crippen LogP contribution >= 0.6 is 0 Å². The Hall–Kier alpha value is -0.830. The third-order valence-corrected chi connectivity index (χ3v) is 2.85. The second-order valence-corrected chi connectivity index (χ2v) is 3.91. The summed E-state index contributed by atoms with van der Waals surface area (Å²) < 4.78 is 1.94. The lowest BCUT2D eigenvalue weighted by atomic mass is 9.84. The van der Waals surface area contributed by atoms with Crippen molar-refractivity contribution >= 4 is 0 Å². The average molecular weight is 181 g/mol. The van der Waals surface area contributed by atoms with E-state index in [1.54, 1.807) is 0 Å². The van der Waals surface area contributed by atoms with Crippen LogP contribution < -0.4 is 5.73 Å². The Kier molecular flexibility index (Phi) is 2.76. The average Bonchev–Trinajstić information content (AvgIpc) is 2.44. The molecule has 0 aliphatic rings. The van der Waals surface area contributed by atoms with E-state index < -0.39 is 0 Å². The highest BCUT2D eigenvalue weighted by Crippen LogP contribution is 2.26. The van der Waals surface area contributed by atoms with Gasteiger partial charge < -0.3 is 5.73 Å². The molecule has 3 heteroatoms. The van der Waals surface area contributed by atoms with E-state index in [0.717, 1.165) is 12.1 Å². The fraction of sp³-hybridized carbons (Fsp3) is 0.700. The maximum Gasteiger partial charge on any atom is 0.0596 e. The van der Waals surface area contributed by atoms with Gasteiger partial charge in [-0.1, -0.05) is 13.8 Å². The largest absolute Gasteiger partial charge is 0.330 e. The van der Waals surface area contributed by atoms with E-state index >= 15 is 0 Å². The second-order valence-electron chi connectivity index (χ2n) is 3.91. The molecule has 1 atom stereocenters. The third kappa shape index (κ3) is 1.75. The second kappa shape index (κ2) is 3.50. The molecule has 1 heterocycles. The molecule has 3 nitrogen and oxygen atoms in total. The first-order valence-corrected chi connectivity index (χ1v) is 4.74. The first kappa shape index (κ1) is 10.3. The minimum absolute atomic E-state index is 0.0655. The van der Waals surface area contributed by atoms with Crippen LogP contribution in [0.3, 0.4) is 0 Å². The van der Waals surface area contributed by atoms with Gasteiger partial charge in [0.25, 0.3) is 0 Å². The number of hydrogen-bond donors (Lipinski definition) is 1. The molecule has 74 valence electrons. The highest BCUT2D eigenvalue weighted by atomic mass is 15.3. The smallest absolute Gasteiger partial charge is 0.0596 e. The predicted molar refractivity (Wildman–Crippen MR) is 54.6 cm³/mol. The quantitative estimate of drug-likeness (QED) is 0.765. The number of aryl methyl sites for hydroxylation is 2. The minimum atomic E-state index is 0.0655. The van der Waals surface area contributed by atoms with Gasteiger partial charge in [0.15, 0.2) is 0 Å². The summed E-state index contributed by atoms with van der Waals surface area (Å²) in [6.07, 6.45) is 1.04. The van der Waals surface area contributed by atoms with Gasteiger partial charge in [-0.3, -0.25) is 4.68 Å². The lowest BCUT2D eigenvalue weighted by molar-refractivity contribution is 0.429. The van der Waals surface area contributed by atoms with Crippen LogP contribution in [-0.2, 0) is 12.5 Å². The molecule has 1 rings (SSSR count). The Morgan fingerprint density at radius 3 is 2.54 bits per heavy atom. The molecule has 0 bridgehead atoms. The minimum Gasteiger partial charge on any atom is -0.330 e. The van der Waals surface area contributed by atoms with Crippen LogP contribution in [-0.4, -0.2) is 16.3 Å². The molecule has 0 saturated heterocycles. The van der Waals surface area contributed by atoms with E-state index in [-0.39, 0.29) is 5.41 Å². The maximum absolute atomic E-state index is 5.79. The lowest BCUT2D eigenvalue weighted by Crippen LogP contribution is -2.33. The van der Waals surface area contributed by atoms with Gasteiger partial charge >= 0.3 is 0 Å². The number of nitrogens with two attached hydrogens (primary N) is 1. The Bertz CT molecular complexity index is 284. The fourth-order valence-electron chi connectivity index (χ4n) is 1.61. The van der Waals surface area contributed by atoms with Crippen LogP contribution in [0.25, 0.3) is 0 Å². The van der Waals surface area contributed by atoms with E-state index in [0.29, 0.717) is 6.54 Å². The lowest BCUT2D eigenvalue weighted by Gasteiger charge is -2.26. The molecular formula is C10H19N3. The Balaban J connectivity index is 3.11. The highest BCUT2D eigenvalue weighted by molar-refractivity contribution is 5.19. The molecular weight excluding hydrogens is 162 g/mol. The number of hydrogen-bond acceptors (Lipinski definition) is 2. The first-order chi connectivity index (χ1) is 6.03. The number of rotatable bonds is 3. The van der Waals surface area contributed by atoms with Crippen LogP contribution in [0.5, 0.6) is 0 Å². The van der Waals surface area contributed by atoms with Crippen molar-refractivity contribution in [1.82, 2.24) is 9.78 Å². The van der Waals surface area contributed by atoms with Gasteiger partial charge in [0, 0.05) is 24.7 Å². The van der Waals surface area contributed by atoms with E-state index in [4.69, 9.17) is 5.73 Å².